The van der Waals surface area contributed by atoms with Gasteiger partial charge in [-0.2, -0.15) is 0 Å². The summed E-state index contributed by atoms with van der Waals surface area (Å²) in [5.41, 5.74) is 0. The van der Waals surface area contributed by atoms with E-state index >= 15 is 0 Å². The molecule has 3 unspecified atom stereocenters. The van der Waals surface area contributed by atoms with Gasteiger partial charge in [0.05, 0.1) is 12.0 Å². The second kappa shape index (κ2) is 6.24. The first-order valence-electron chi connectivity index (χ1n) is 6.35. The molecule has 0 aliphatic heterocycles. The van der Waals surface area contributed by atoms with Crippen LogP contribution in [-0.4, -0.2) is 23.8 Å². The Kier molecular flexibility index (Phi) is 5.26. The van der Waals surface area contributed by atoms with E-state index in [2.05, 4.69) is 20.8 Å². The van der Waals surface area contributed by atoms with E-state index in [1.54, 1.807) is 0 Å². The Hall–Kier alpha value is -0.570. The summed E-state index contributed by atoms with van der Waals surface area (Å²) in [6.45, 7) is 7.18. The van der Waals surface area contributed by atoms with Crippen molar-refractivity contribution in [2.45, 2.75) is 52.6 Å². The van der Waals surface area contributed by atoms with Gasteiger partial charge in [-0.3, -0.25) is 4.79 Å². The highest BCUT2D eigenvalue weighted by molar-refractivity contribution is 5.70. The summed E-state index contributed by atoms with van der Waals surface area (Å²) >= 11 is 0. The number of carboxylic acid groups (broad SMARTS) is 1. The van der Waals surface area contributed by atoms with Crippen LogP contribution < -0.4 is 0 Å². The fourth-order valence-electron chi connectivity index (χ4n) is 2.25. The molecule has 0 heterocycles. The average molecular weight is 228 g/mol. The minimum atomic E-state index is -0.693. The molecule has 0 aromatic rings. The lowest BCUT2D eigenvalue weighted by molar-refractivity contribution is -0.150. The van der Waals surface area contributed by atoms with Gasteiger partial charge in [0.2, 0.25) is 0 Å². The molecule has 3 heteroatoms. The van der Waals surface area contributed by atoms with Crippen LogP contribution in [0.15, 0.2) is 0 Å². The fraction of sp³-hybridized carbons (Fsp3) is 0.923. The Morgan fingerprint density at radius 2 is 2.12 bits per heavy atom. The highest BCUT2D eigenvalue weighted by Crippen LogP contribution is 2.31. The first-order valence-corrected chi connectivity index (χ1v) is 6.35. The lowest BCUT2D eigenvalue weighted by Crippen LogP contribution is -2.36. The summed E-state index contributed by atoms with van der Waals surface area (Å²) in [5.74, 6) is 0.230. The van der Waals surface area contributed by atoms with Crippen molar-refractivity contribution in [3.05, 3.63) is 0 Å². The van der Waals surface area contributed by atoms with Crippen LogP contribution >= 0.6 is 0 Å². The molecule has 1 aliphatic rings. The number of hydrogen-bond donors (Lipinski definition) is 1. The quantitative estimate of drug-likeness (QED) is 0.787. The van der Waals surface area contributed by atoms with Gasteiger partial charge in [-0.05, 0) is 37.5 Å². The summed E-state index contributed by atoms with van der Waals surface area (Å²) in [5, 5.41) is 9.12. The summed E-state index contributed by atoms with van der Waals surface area (Å²) in [6.07, 6.45) is 3.62. The van der Waals surface area contributed by atoms with Crippen molar-refractivity contribution in [3.8, 4) is 0 Å². The summed E-state index contributed by atoms with van der Waals surface area (Å²) < 4.78 is 5.76. The van der Waals surface area contributed by atoms with Gasteiger partial charge in [0.15, 0.2) is 0 Å². The molecule has 0 radical (unpaired) electrons. The third kappa shape index (κ3) is 4.12. The number of aliphatic carboxylic acids is 1. The van der Waals surface area contributed by atoms with Gasteiger partial charge in [-0.25, -0.2) is 0 Å². The molecular formula is C13H24O3. The van der Waals surface area contributed by atoms with Crippen LogP contribution in [0.25, 0.3) is 0 Å². The first-order chi connectivity index (χ1) is 7.50. The third-order valence-electron chi connectivity index (χ3n) is 3.40. The van der Waals surface area contributed by atoms with Crippen molar-refractivity contribution in [2.24, 2.45) is 17.8 Å². The summed E-state index contributed by atoms with van der Waals surface area (Å²) in [6, 6.07) is 0. The Morgan fingerprint density at radius 1 is 1.44 bits per heavy atom. The molecule has 3 nitrogen and oxygen atoms in total. The van der Waals surface area contributed by atoms with Crippen molar-refractivity contribution < 1.29 is 14.6 Å². The smallest absolute Gasteiger partial charge is 0.309 e. The van der Waals surface area contributed by atoms with Crippen LogP contribution in [0.3, 0.4) is 0 Å². The molecule has 3 atom stereocenters. The minimum absolute atomic E-state index is 0.0694. The summed E-state index contributed by atoms with van der Waals surface area (Å²) in [7, 11) is 0. The number of ether oxygens (including phenoxy) is 1. The molecule has 94 valence electrons. The van der Waals surface area contributed by atoms with Gasteiger partial charge in [0, 0.05) is 6.61 Å². The average Bonchev–Trinajstić information content (AvgIpc) is 2.16. The minimum Gasteiger partial charge on any atom is -0.481 e. The van der Waals surface area contributed by atoms with E-state index in [-0.39, 0.29) is 12.0 Å². The fourth-order valence-corrected chi connectivity index (χ4v) is 2.25. The molecular weight excluding hydrogens is 204 g/mol. The highest BCUT2D eigenvalue weighted by Gasteiger charge is 2.34. The maximum absolute atomic E-state index is 11.1. The predicted molar refractivity (Wildman–Crippen MR) is 63.3 cm³/mol. The molecule has 0 saturated heterocycles. The molecule has 0 aromatic heterocycles. The van der Waals surface area contributed by atoms with E-state index in [0.29, 0.717) is 18.4 Å². The Balaban J connectivity index is 2.41. The molecule has 0 aromatic carbocycles. The van der Waals surface area contributed by atoms with E-state index in [4.69, 9.17) is 9.84 Å². The zero-order chi connectivity index (χ0) is 12.1. The Labute approximate surface area is 98.2 Å². The molecule has 1 fully saturated rings. The number of carbonyl (C=O) groups is 1. The molecule has 1 aliphatic carbocycles. The van der Waals surface area contributed by atoms with E-state index < -0.39 is 5.97 Å². The lowest BCUT2D eigenvalue weighted by atomic mass is 9.80. The second-order valence-electron chi connectivity index (χ2n) is 5.45. The van der Waals surface area contributed by atoms with Crippen molar-refractivity contribution >= 4 is 5.97 Å². The van der Waals surface area contributed by atoms with Gasteiger partial charge >= 0.3 is 5.97 Å². The molecule has 1 rings (SSSR count). The zero-order valence-corrected chi connectivity index (χ0v) is 10.6. The van der Waals surface area contributed by atoms with Gasteiger partial charge in [-0.1, -0.05) is 20.8 Å². The van der Waals surface area contributed by atoms with Crippen molar-refractivity contribution in [3.63, 3.8) is 0 Å². The lowest BCUT2D eigenvalue weighted by Gasteiger charge is -2.32. The molecule has 1 N–H and O–H groups in total. The van der Waals surface area contributed by atoms with E-state index in [0.717, 1.165) is 25.7 Å². The highest BCUT2D eigenvalue weighted by atomic mass is 16.5. The van der Waals surface area contributed by atoms with Crippen molar-refractivity contribution in [2.75, 3.05) is 6.61 Å². The number of hydrogen-bond acceptors (Lipinski definition) is 2. The van der Waals surface area contributed by atoms with Crippen LogP contribution in [0.4, 0.5) is 0 Å². The monoisotopic (exact) mass is 228 g/mol. The normalized spacial score (nSPS) is 30.6. The molecule has 0 amide bonds. The van der Waals surface area contributed by atoms with E-state index in [9.17, 15) is 4.79 Å². The van der Waals surface area contributed by atoms with Crippen LogP contribution in [0.2, 0.25) is 0 Å². The molecule has 16 heavy (non-hydrogen) atoms. The van der Waals surface area contributed by atoms with Crippen LogP contribution in [0.1, 0.15) is 46.5 Å². The SMILES string of the molecule is CC(C)CCOC1CC(C)CCC1C(=O)O. The van der Waals surface area contributed by atoms with Gasteiger partial charge < -0.3 is 9.84 Å². The topological polar surface area (TPSA) is 46.5 Å². The van der Waals surface area contributed by atoms with Gasteiger partial charge in [-0.15, -0.1) is 0 Å². The van der Waals surface area contributed by atoms with Crippen LogP contribution in [0.5, 0.6) is 0 Å². The summed E-state index contributed by atoms with van der Waals surface area (Å²) in [4.78, 5) is 11.1. The maximum Gasteiger partial charge on any atom is 0.309 e. The molecule has 0 bridgehead atoms. The van der Waals surface area contributed by atoms with E-state index in [1.807, 2.05) is 0 Å². The van der Waals surface area contributed by atoms with Crippen molar-refractivity contribution in [1.29, 1.82) is 0 Å². The third-order valence-corrected chi connectivity index (χ3v) is 3.40. The number of rotatable bonds is 5. The van der Waals surface area contributed by atoms with Crippen LogP contribution in [0, 0.1) is 17.8 Å². The second-order valence-corrected chi connectivity index (χ2v) is 5.45. The maximum atomic E-state index is 11.1. The first kappa shape index (κ1) is 13.5. The standard InChI is InChI=1S/C13H24O3/c1-9(2)6-7-16-12-8-10(3)4-5-11(12)13(14)15/h9-12H,4-8H2,1-3H3,(H,14,15). The molecule has 1 saturated carbocycles. The Bertz CT molecular complexity index is 225. The number of carboxylic acids is 1. The van der Waals surface area contributed by atoms with E-state index in [1.165, 1.54) is 0 Å². The van der Waals surface area contributed by atoms with Gasteiger partial charge in [0.25, 0.3) is 0 Å². The predicted octanol–water partition coefficient (Wildman–Crippen LogP) is 2.94. The van der Waals surface area contributed by atoms with Gasteiger partial charge in [0.1, 0.15) is 0 Å². The Morgan fingerprint density at radius 3 is 2.69 bits per heavy atom. The zero-order valence-electron chi connectivity index (χ0n) is 10.6. The molecule has 0 spiro atoms. The van der Waals surface area contributed by atoms with Crippen molar-refractivity contribution in [1.82, 2.24) is 0 Å². The van der Waals surface area contributed by atoms with Crippen LogP contribution in [-0.2, 0) is 9.53 Å². The largest absolute Gasteiger partial charge is 0.481 e.